The largest absolute Gasteiger partial charge is 0.376 e. The van der Waals surface area contributed by atoms with Gasteiger partial charge in [0, 0.05) is 6.61 Å². The molecule has 0 bridgehead atoms. The first-order valence-corrected chi connectivity index (χ1v) is 6.16. The molecule has 0 aromatic carbocycles. The van der Waals surface area contributed by atoms with Gasteiger partial charge in [-0.3, -0.25) is 0 Å². The highest BCUT2D eigenvalue weighted by molar-refractivity contribution is 6.29. The zero-order valence-electron chi connectivity index (χ0n) is 9.34. The van der Waals surface area contributed by atoms with Gasteiger partial charge in [-0.05, 0) is 19.3 Å². The Kier molecular flexibility index (Phi) is 2.94. The van der Waals surface area contributed by atoms with Crippen molar-refractivity contribution in [1.82, 2.24) is 19.7 Å². The molecule has 3 heterocycles. The van der Waals surface area contributed by atoms with Crippen molar-refractivity contribution in [2.75, 3.05) is 6.61 Å². The van der Waals surface area contributed by atoms with E-state index in [4.69, 9.17) is 16.3 Å². The van der Waals surface area contributed by atoms with Crippen LogP contribution >= 0.6 is 11.6 Å². The highest BCUT2D eigenvalue weighted by Gasteiger charge is 2.16. The van der Waals surface area contributed by atoms with E-state index in [-0.39, 0.29) is 6.10 Å². The van der Waals surface area contributed by atoms with Crippen molar-refractivity contribution < 1.29 is 4.74 Å². The van der Waals surface area contributed by atoms with Crippen molar-refractivity contribution >= 4 is 22.8 Å². The Bertz CT molecular complexity index is 521. The van der Waals surface area contributed by atoms with Crippen LogP contribution in [0, 0.1) is 0 Å². The lowest BCUT2D eigenvalue weighted by atomic mass is 10.1. The Morgan fingerprint density at radius 2 is 2.35 bits per heavy atom. The SMILES string of the molecule is Clc1cnc2cnn(CC3CCCCO3)c2n1. The lowest BCUT2D eigenvalue weighted by molar-refractivity contribution is 0.00464. The Hall–Kier alpha value is -1.20. The molecule has 2 aromatic rings. The smallest absolute Gasteiger partial charge is 0.178 e. The minimum Gasteiger partial charge on any atom is -0.376 e. The van der Waals surface area contributed by atoms with Crippen molar-refractivity contribution in [3.8, 4) is 0 Å². The maximum absolute atomic E-state index is 5.84. The zero-order chi connectivity index (χ0) is 11.7. The van der Waals surface area contributed by atoms with Crippen LogP contribution in [0.4, 0.5) is 0 Å². The number of ether oxygens (including phenoxy) is 1. The lowest BCUT2D eigenvalue weighted by Crippen LogP contribution is -2.25. The van der Waals surface area contributed by atoms with Crippen LogP contribution in [0.3, 0.4) is 0 Å². The van der Waals surface area contributed by atoms with E-state index in [1.165, 1.54) is 12.6 Å². The van der Waals surface area contributed by atoms with Gasteiger partial charge in [0.2, 0.25) is 0 Å². The van der Waals surface area contributed by atoms with Gasteiger partial charge in [0.15, 0.2) is 5.65 Å². The van der Waals surface area contributed by atoms with Crippen LogP contribution < -0.4 is 0 Å². The molecule has 3 rings (SSSR count). The number of halogens is 1. The average Bonchev–Trinajstić information content (AvgIpc) is 2.73. The van der Waals surface area contributed by atoms with Crippen LogP contribution in [-0.2, 0) is 11.3 Å². The number of rotatable bonds is 2. The molecule has 17 heavy (non-hydrogen) atoms. The van der Waals surface area contributed by atoms with Crippen molar-refractivity contribution in [3.63, 3.8) is 0 Å². The predicted octanol–water partition coefficient (Wildman–Crippen LogP) is 2.05. The standard InChI is InChI=1S/C11H13ClN4O/c12-10-6-13-9-5-14-16(11(9)15-10)7-8-3-1-2-4-17-8/h5-6,8H,1-4,7H2. The molecule has 0 aliphatic carbocycles. The molecule has 1 fully saturated rings. The lowest BCUT2D eigenvalue weighted by Gasteiger charge is -2.22. The van der Waals surface area contributed by atoms with Crippen molar-refractivity contribution in [3.05, 3.63) is 17.5 Å². The second kappa shape index (κ2) is 4.58. The predicted molar refractivity (Wildman–Crippen MR) is 63.9 cm³/mol. The molecule has 0 amide bonds. The molecule has 90 valence electrons. The average molecular weight is 253 g/mol. The van der Waals surface area contributed by atoms with E-state index in [1.54, 1.807) is 6.20 Å². The molecule has 1 atom stereocenters. The zero-order valence-corrected chi connectivity index (χ0v) is 10.1. The minimum atomic E-state index is 0.229. The molecule has 5 nitrogen and oxygen atoms in total. The van der Waals surface area contributed by atoms with Crippen LogP contribution in [0.1, 0.15) is 19.3 Å². The molecule has 1 unspecified atom stereocenters. The van der Waals surface area contributed by atoms with Gasteiger partial charge in [-0.2, -0.15) is 5.10 Å². The van der Waals surface area contributed by atoms with Gasteiger partial charge in [0.05, 0.1) is 25.0 Å². The van der Waals surface area contributed by atoms with Gasteiger partial charge >= 0.3 is 0 Å². The van der Waals surface area contributed by atoms with Crippen molar-refractivity contribution in [2.24, 2.45) is 0 Å². The first-order valence-electron chi connectivity index (χ1n) is 5.78. The third-order valence-corrected chi connectivity index (χ3v) is 3.15. The Morgan fingerprint density at radius 1 is 1.41 bits per heavy atom. The molecule has 1 saturated heterocycles. The topological polar surface area (TPSA) is 52.8 Å². The molecule has 6 heteroatoms. The maximum Gasteiger partial charge on any atom is 0.178 e. The van der Waals surface area contributed by atoms with Gasteiger partial charge in [0.25, 0.3) is 0 Å². The molecule has 0 N–H and O–H groups in total. The quantitative estimate of drug-likeness (QED) is 0.821. The van der Waals surface area contributed by atoms with E-state index in [0.717, 1.165) is 37.2 Å². The van der Waals surface area contributed by atoms with Crippen molar-refractivity contribution in [1.29, 1.82) is 0 Å². The molecular formula is C11H13ClN4O. The first-order chi connectivity index (χ1) is 8.33. The van der Waals surface area contributed by atoms with Gasteiger partial charge < -0.3 is 4.74 Å². The summed E-state index contributed by atoms with van der Waals surface area (Å²) < 4.78 is 7.51. The van der Waals surface area contributed by atoms with E-state index in [0.29, 0.717) is 5.15 Å². The number of nitrogens with zero attached hydrogens (tertiary/aromatic N) is 4. The van der Waals surface area contributed by atoms with E-state index < -0.39 is 0 Å². The van der Waals surface area contributed by atoms with E-state index in [2.05, 4.69) is 15.1 Å². The molecule has 1 aliphatic rings. The summed E-state index contributed by atoms with van der Waals surface area (Å²) in [6.07, 6.45) is 6.93. The highest BCUT2D eigenvalue weighted by Crippen LogP contribution is 2.17. The summed E-state index contributed by atoms with van der Waals surface area (Å²) in [5.74, 6) is 0. The number of fused-ring (bicyclic) bond motifs is 1. The fraction of sp³-hybridized carbons (Fsp3) is 0.545. The molecule has 0 spiro atoms. The van der Waals surface area contributed by atoms with E-state index in [9.17, 15) is 0 Å². The van der Waals surface area contributed by atoms with E-state index >= 15 is 0 Å². The summed E-state index contributed by atoms with van der Waals surface area (Å²) >= 11 is 5.84. The molecule has 2 aromatic heterocycles. The number of aromatic nitrogens is 4. The Balaban J connectivity index is 1.86. The fourth-order valence-electron chi connectivity index (χ4n) is 2.11. The summed E-state index contributed by atoms with van der Waals surface area (Å²) in [7, 11) is 0. The number of hydrogen-bond donors (Lipinski definition) is 0. The summed E-state index contributed by atoms with van der Waals surface area (Å²) in [6.45, 7) is 1.56. The second-order valence-corrected chi connectivity index (χ2v) is 4.60. The fourth-order valence-corrected chi connectivity index (χ4v) is 2.23. The number of hydrogen-bond acceptors (Lipinski definition) is 4. The third kappa shape index (κ3) is 2.25. The molecular weight excluding hydrogens is 240 g/mol. The summed E-state index contributed by atoms with van der Waals surface area (Å²) in [5.41, 5.74) is 1.50. The van der Waals surface area contributed by atoms with Gasteiger partial charge in [-0.15, -0.1) is 0 Å². The third-order valence-electron chi connectivity index (χ3n) is 2.97. The second-order valence-electron chi connectivity index (χ2n) is 4.22. The Morgan fingerprint density at radius 3 is 3.18 bits per heavy atom. The van der Waals surface area contributed by atoms with Gasteiger partial charge in [-0.25, -0.2) is 14.6 Å². The molecule has 0 saturated carbocycles. The first kappa shape index (κ1) is 10.9. The molecule has 1 aliphatic heterocycles. The van der Waals surface area contributed by atoms with Crippen LogP contribution in [0.5, 0.6) is 0 Å². The van der Waals surface area contributed by atoms with Crippen LogP contribution in [-0.4, -0.2) is 32.5 Å². The maximum atomic E-state index is 5.84. The summed E-state index contributed by atoms with van der Waals surface area (Å²) in [6, 6.07) is 0. The summed E-state index contributed by atoms with van der Waals surface area (Å²) in [5, 5.41) is 4.68. The van der Waals surface area contributed by atoms with Gasteiger partial charge in [0.1, 0.15) is 10.7 Å². The highest BCUT2D eigenvalue weighted by atomic mass is 35.5. The van der Waals surface area contributed by atoms with Crippen molar-refractivity contribution in [2.45, 2.75) is 31.9 Å². The monoisotopic (exact) mass is 252 g/mol. The Labute approximate surface area is 104 Å². The minimum absolute atomic E-state index is 0.229. The van der Waals surface area contributed by atoms with Crippen LogP contribution in [0.25, 0.3) is 11.2 Å². The van der Waals surface area contributed by atoms with E-state index in [1.807, 2.05) is 4.68 Å². The van der Waals surface area contributed by atoms with Crippen LogP contribution in [0.15, 0.2) is 12.4 Å². The van der Waals surface area contributed by atoms with Gasteiger partial charge in [-0.1, -0.05) is 11.6 Å². The molecule has 0 radical (unpaired) electrons. The summed E-state index contributed by atoms with van der Waals surface area (Å²) in [4.78, 5) is 8.42. The normalized spacial score (nSPS) is 20.9. The van der Waals surface area contributed by atoms with Crippen LogP contribution in [0.2, 0.25) is 5.15 Å².